The highest BCUT2D eigenvalue weighted by molar-refractivity contribution is 8.08. The average Bonchev–Trinajstić information content (AvgIpc) is 3.59. The van der Waals surface area contributed by atoms with Crippen molar-refractivity contribution in [1.82, 2.24) is 0 Å². The number of thioether (sulfide) groups is 2. The fourth-order valence-corrected chi connectivity index (χ4v) is 3.86. The Hall–Kier alpha value is -0.110. The van der Waals surface area contributed by atoms with Gasteiger partial charge in [0.2, 0.25) is 0 Å². The average molecular weight is 487 g/mol. The molecule has 1 aliphatic rings. The molecule has 1 atom stereocenters. The molecule has 0 bridgehead atoms. The van der Waals surface area contributed by atoms with Crippen molar-refractivity contribution in [2.45, 2.75) is 5.25 Å². The summed E-state index contributed by atoms with van der Waals surface area (Å²) in [6.07, 6.45) is 0. The third kappa shape index (κ3) is 22.9. The lowest BCUT2D eigenvalue weighted by Crippen LogP contribution is -2.16. The van der Waals surface area contributed by atoms with Crippen LogP contribution in [0.5, 0.6) is 0 Å². The summed E-state index contributed by atoms with van der Waals surface area (Å²) in [5.74, 6) is 2.50. The highest BCUT2D eigenvalue weighted by atomic mass is 32.2. The highest BCUT2D eigenvalue weighted by Crippen LogP contribution is 2.32. The van der Waals surface area contributed by atoms with Crippen molar-refractivity contribution in [3.63, 3.8) is 0 Å². The molecule has 0 aromatic carbocycles. The third-order valence-electron chi connectivity index (χ3n) is 3.71. The first-order valence-corrected chi connectivity index (χ1v) is 12.8. The van der Waals surface area contributed by atoms with Gasteiger partial charge in [0.15, 0.2) is 0 Å². The Bertz CT molecular complexity index is 401. The van der Waals surface area contributed by atoms with Gasteiger partial charge in [-0.1, -0.05) is 0 Å². The molecule has 0 N–H and O–H groups in total. The fraction of sp³-hybridized carbons (Fsp3) is 0.950. The molecular formula is C20H38O9S2. The van der Waals surface area contributed by atoms with E-state index in [2.05, 4.69) is 0 Å². The predicted octanol–water partition coefficient (Wildman–Crippen LogP) is 1.12. The molecule has 184 valence electrons. The molecule has 1 saturated heterocycles. The molecule has 1 rings (SSSR count). The first-order chi connectivity index (χ1) is 15.3. The molecule has 1 heterocycles. The molecule has 1 aliphatic heterocycles. The number of hydrogen-bond donors (Lipinski definition) is 0. The Morgan fingerprint density at radius 1 is 0.710 bits per heavy atom. The van der Waals surface area contributed by atoms with E-state index in [-0.39, 0.29) is 12.6 Å². The van der Waals surface area contributed by atoms with E-state index < -0.39 is 0 Å². The van der Waals surface area contributed by atoms with Crippen molar-refractivity contribution in [2.75, 3.05) is 117 Å². The van der Waals surface area contributed by atoms with Gasteiger partial charge in [0.1, 0.15) is 6.61 Å². The Labute approximate surface area is 194 Å². The van der Waals surface area contributed by atoms with Crippen LogP contribution in [0.3, 0.4) is 0 Å². The van der Waals surface area contributed by atoms with Crippen LogP contribution in [0.15, 0.2) is 0 Å². The summed E-state index contributed by atoms with van der Waals surface area (Å²) in [7, 11) is 1.64. The summed E-state index contributed by atoms with van der Waals surface area (Å²) in [5.41, 5.74) is 0. The summed E-state index contributed by atoms with van der Waals surface area (Å²) >= 11 is 3.57. The van der Waals surface area contributed by atoms with Gasteiger partial charge in [0, 0.05) is 23.9 Å². The first kappa shape index (κ1) is 28.9. The quantitative estimate of drug-likeness (QED) is 0.106. The van der Waals surface area contributed by atoms with Crippen LogP contribution in [0.4, 0.5) is 0 Å². The van der Waals surface area contributed by atoms with Crippen LogP contribution in [-0.4, -0.2) is 128 Å². The fourth-order valence-electron chi connectivity index (χ4n) is 2.04. The normalized spacial score (nSPS) is 15.3. The van der Waals surface area contributed by atoms with E-state index in [1.54, 1.807) is 18.9 Å². The number of hydrogen-bond acceptors (Lipinski definition) is 11. The van der Waals surface area contributed by atoms with Crippen molar-refractivity contribution < 1.29 is 42.7 Å². The van der Waals surface area contributed by atoms with Gasteiger partial charge in [-0.3, -0.25) is 4.79 Å². The Morgan fingerprint density at radius 3 is 1.48 bits per heavy atom. The second-order valence-electron chi connectivity index (χ2n) is 6.36. The smallest absolute Gasteiger partial charge is 0.315 e. The standard InChI is InChI=1S/C20H38O9S2/c1-22-2-3-23-4-5-24-6-7-25-8-9-26-10-11-27-12-13-28-14-15-29-20(21)18-30-16-19-17-31-19/h19H,2-18H2,1H3. The van der Waals surface area contributed by atoms with Crippen LogP contribution in [0.2, 0.25) is 0 Å². The van der Waals surface area contributed by atoms with Crippen LogP contribution in [0.1, 0.15) is 0 Å². The molecule has 0 amide bonds. The molecular weight excluding hydrogens is 448 g/mol. The van der Waals surface area contributed by atoms with E-state index >= 15 is 0 Å². The van der Waals surface area contributed by atoms with Gasteiger partial charge in [-0.2, -0.15) is 11.8 Å². The second kappa shape index (κ2) is 23.1. The molecule has 1 fully saturated rings. The summed E-state index contributed by atoms with van der Waals surface area (Å²) in [5, 5.41) is 0.743. The summed E-state index contributed by atoms with van der Waals surface area (Å²) in [4.78, 5) is 11.5. The number of carbonyl (C=O) groups is 1. The number of methoxy groups -OCH3 is 1. The van der Waals surface area contributed by atoms with E-state index in [4.69, 9.17) is 37.9 Å². The zero-order chi connectivity index (χ0) is 22.2. The number of esters is 1. The van der Waals surface area contributed by atoms with Crippen LogP contribution in [0.25, 0.3) is 0 Å². The topological polar surface area (TPSA) is 90.9 Å². The third-order valence-corrected chi connectivity index (χ3v) is 5.97. The predicted molar refractivity (Wildman–Crippen MR) is 121 cm³/mol. The summed E-state index contributed by atoms with van der Waals surface area (Å²) in [6, 6.07) is 0. The van der Waals surface area contributed by atoms with Crippen LogP contribution in [0, 0.1) is 0 Å². The van der Waals surface area contributed by atoms with Crippen LogP contribution < -0.4 is 0 Å². The maximum Gasteiger partial charge on any atom is 0.315 e. The molecule has 0 radical (unpaired) electrons. The molecule has 1 unspecified atom stereocenters. The largest absolute Gasteiger partial charge is 0.463 e. The molecule has 0 spiro atoms. The SMILES string of the molecule is COCCOCCOCCOCCOCCOCCOCCOC(=O)CSCC1CS1. The number of rotatable bonds is 25. The minimum Gasteiger partial charge on any atom is -0.463 e. The van der Waals surface area contributed by atoms with Gasteiger partial charge < -0.3 is 37.9 Å². The van der Waals surface area contributed by atoms with E-state index in [0.29, 0.717) is 91.6 Å². The minimum absolute atomic E-state index is 0.174. The molecule has 0 aliphatic carbocycles. The van der Waals surface area contributed by atoms with Gasteiger partial charge in [-0.25, -0.2) is 0 Å². The van der Waals surface area contributed by atoms with Crippen molar-refractivity contribution in [3.05, 3.63) is 0 Å². The lowest BCUT2D eigenvalue weighted by Gasteiger charge is -2.08. The highest BCUT2D eigenvalue weighted by Gasteiger charge is 2.22. The van der Waals surface area contributed by atoms with Gasteiger partial charge in [0.05, 0.1) is 91.6 Å². The van der Waals surface area contributed by atoms with E-state index in [0.717, 1.165) is 11.0 Å². The van der Waals surface area contributed by atoms with Crippen molar-refractivity contribution in [1.29, 1.82) is 0 Å². The van der Waals surface area contributed by atoms with Crippen molar-refractivity contribution in [2.24, 2.45) is 0 Å². The van der Waals surface area contributed by atoms with E-state index in [9.17, 15) is 4.79 Å². The molecule has 9 nitrogen and oxygen atoms in total. The van der Waals surface area contributed by atoms with Gasteiger partial charge in [-0.05, 0) is 0 Å². The Morgan fingerprint density at radius 2 is 1.10 bits per heavy atom. The molecule has 31 heavy (non-hydrogen) atoms. The van der Waals surface area contributed by atoms with Crippen molar-refractivity contribution in [3.8, 4) is 0 Å². The lowest BCUT2D eigenvalue weighted by atomic mass is 10.6. The van der Waals surface area contributed by atoms with Gasteiger partial charge >= 0.3 is 5.97 Å². The maximum atomic E-state index is 11.5. The Balaban J connectivity index is 1.63. The zero-order valence-corrected chi connectivity index (χ0v) is 20.2. The maximum absolute atomic E-state index is 11.5. The summed E-state index contributed by atoms with van der Waals surface area (Å²) in [6.45, 7) is 7.02. The minimum atomic E-state index is -0.174. The monoisotopic (exact) mass is 486 g/mol. The van der Waals surface area contributed by atoms with Crippen LogP contribution >= 0.6 is 23.5 Å². The van der Waals surface area contributed by atoms with Gasteiger partial charge in [-0.15, -0.1) is 11.8 Å². The van der Waals surface area contributed by atoms with E-state index in [1.165, 1.54) is 5.75 Å². The molecule has 0 aromatic rings. The zero-order valence-electron chi connectivity index (χ0n) is 18.6. The molecule has 11 heteroatoms. The lowest BCUT2D eigenvalue weighted by molar-refractivity contribution is -0.142. The number of ether oxygens (including phenoxy) is 8. The van der Waals surface area contributed by atoms with Gasteiger partial charge in [0.25, 0.3) is 0 Å². The molecule has 0 aromatic heterocycles. The molecule has 0 saturated carbocycles. The Kier molecular flexibility index (Phi) is 21.5. The van der Waals surface area contributed by atoms with Crippen molar-refractivity contribution >= 4 is 29.5 Å². The van der Waals surface area contributed by atoms with E-state index in [1.807, 2.05) is 11.8 Å². The second-order valence-corrected chi connectivity index (χ2v) is 8.72. The van der Waals surface area contributed by atoms with Crippen LogP contribution in [-0.2, 0) is 42.7 Å². The first-order valence-electron chi connectivity index (χ1n) is 10.6. The number of carbonyl (C=O) groups excluding carboxylic acids is 1. The summed E-state index contributed by atoms with van der Waals surface area (Å²) < 4.78 is 42.2.